The van der Waals surface area contributed by atoms with E-state index in [1.807, 2.05) is 42.5 Å². The molecule has 3 aromatic carbocycles. The maximum absolute atomic E-state index is 12.8. The first-order valence-corrected chi connectivity index (χ1v) is 9.11. The number of carbonyl (C=O) groups excluding carboxylic acids is 2. The van der Waals surface area contributed by atoms with E-state index in [1.54, 1.807) is 4.90 Å². The van der Waals surface area contributed by atoms with Gasteiger partial charge < -0.3 is 10.2 Å². The van der Waals surface area contributed by atoms with E-state index in [-0.39, 0.29) is 11.6 Å². The molecule has 0 aliphatic carbocycles. The van der Waals surface area contributed by atoms with Crippen LogP contribution in [0.15, 0.2) is 66.7 Å². The van der Waals surface area contributed by atoms with E-state index in [4.69, 9.17) is 0 Å². The van der Waals surface area contributed by atoms with Gasteiger partial charge >= 0.3 is 6.18 Å². The van der Waals surface area contributed by atoms with Crippen LogP contribution in [-0.4, -0.2) is 18.4 Å². The summed E-state index contributed by atoms with van der Waals surface area (Å²) in [5, 5.41) is 4.59. The Labute approximate surface area is 164 Å². The maximum atomic E-state index is 12.8. The fourth-order valence-corrected chi connectivity index (χ4v) is 3.50. The summed E-state index contributed by atoms with van der Waals surface area (Å²) < 4.78 is 37.9. The third kappa shape index (κ3) is 3.81. The van der Waals surface area contributed by atoms with Gasteiger partial charge in [-0.3, -0.25) is 9.59 Å². The van der Waals surface area contributed by atoms with Crippen LogP contribution in [0.2, 0.25) is 0 Å². The molecule has 0 bridgehead atoms. The molecule has 0 unspecified atom stereocenters. The largest absolute Gasteiger partial charge is 0.416 e. The zero-order valence-electron chi connectivity index (χ0n) is 15.2. The van der Waals surface area contributed by atoms with Gasteiger partial charge in [0.2, 0.25) is 11.8 Å². The van der Waals surface area contributed by atoms with E-state index in [1.165, 1.54) is 12.1 Å². The summed E-state index contributed by atoms with van der Waals surface area (Å²) in [4.78, 5) is 26.9. The first-order valence-electron chi connectivity index (χ1n) is 9.11. The van der Waals surface area contributed by atoms with Crippen molar-refractivity contribution in [1.82, 2.24) is 0 Å². The Morgan fingerprint density at radius 1 is 0.966 bits per heavy atom. The second-order valence-corrected chi connectivity index (χ2v) is 6.93. The van der Waals surface area contributed by atoms with Crippen molar-refractivity contribution < 1.29 is 22.8 Å². The minimum absolute atomic E-state index is 0.222. The molecular formula is C22H17F3N2O2. The summed E-state index contributed by atoms with van der Waals surface area (Å²) in [6, 6.07) is 17.6. The molecule has 1 aliphatic heterocycles. The Balaban J connectivity index is 1.47. The van der Waals surface area contributed by atoms with Crippen LogP contribution in [0, 0.1) is 5.92 Å². The molecule has 4 nitrogen and oxygen atoms in total. The van der Waals surface area contributed by atoms with Gasteiger partial charge in [0, 0.05) is 17.9 Å². The van der Waals surface area contributed by atoms with Gasteiger partial charge in [-0.25, -0.2) is 0 Å². The average molecular weight is 398 g/mol. The van der Waals surface area contributed by atoms with Crippen LogP contribution in [0.25, 0.3) is 10.8 Å². The van der Waals surface area contributed by atoms with E-state index in [0.29, 0.717) is 13.0 Å². The minimum Gasteiger partial charge on any atom is -0.325 e. The number of amides is 2. The highest BCUT2D eigenvalue weighted by molar-refractivity contribution is 6.13. The van der Waals surface area contributed by atoms with Gasteiger partial charge in [0.15, 0.2) is 0 Å². The minimum atomic E-state index is -4.44. The SMILES string of the molecule is O=C(Nc1ccc(C(F)(F)F)cc1)[C@H]1CCN(c2ccc3ccccc3c2)C1=O. The lowest BCUT2D eigenvalue weighted by Gasteiger charge is -2.17. The van der Waals surface area contributed by atoms with Crippen molar-refractivity contribution in [3.63, 3.8) is 0 Å². The Kier molecular flexibility index (Phi) is 4.74. The summed E-state index contributed by atoms with van der Waals surface area (Å²) in [7, 11) is 0. The number of carbonyl (C=O) groups is 2. The van der Waals surface area contributed by atoms with Crippen LogP contribution in [-0.2, 0) is 15.8 Å². The summed E-state index contributed by atoms with van der Waals surface area (Å²) in [5.74, 6) is -1.70. The number of anilines is 2. The van der Waals surface area contributed by atoms with Gasteiger partial charge in [-0.1, -0.05) is 30.3 Å². The zero-order valence-corrected chi connectivity index (χ0v) is 15.2. The zero-order chi connectivity index (χ0) is 20.6. The molecule has 4 rings (SSSR count). The van der Waals surface area contributed by atoms with Crippen LogP contribution in [0.4, 0.5) is 24.5 Å². The Morgan fingerprint density at radius 3 is 2.34 bits per heavy atom. The predicted molar refractivity (Wildman–Crippen MR) is 104 cm³/mol. The van der Waals surface area contributed by atoms with E-state index < -0.39 is 23.6 Å². The number of rotatable bonds is 3. The second-order valence-electron chi connectivity index (χ2n) is 6.93. The second kappa shape index (κ2) is 7.24. The molecule has 1 heterocycles. The van der Waals surface area contributed by atoms with Crippen LogP contribution >= 0.6 is 0 Å². The van der Waals surface area contributed by atoms with Crippen molar-refractivity contribution in [2.75, 3.05) is 16.8 Å². The van der Waals surface area contributed by atoms with Crippen molar-refractivity contribution >= 4 is 34.0 Å². The topological polar surface area (TPSA) is 49.4 Å². The van der Waals surface area contributed by atoms with Gasteiger partial charge in [-0.05, 0) is 53.6 Å². The lowest BCUT2D eigenvalue weighted by atomic mass is 10.1. The van der Waals surface area contributed by atoms with Crippen molar-refractivity contribution in [3.8, 4) is 0 Å². The quantitative estimate of drug-likeness (QED) is 0.641. The van der Waals surface area contributed by atoms with Crippen LogP contribution in [0.1, 0.15) is 12.0 Å². The third-order valence-corrected chi connectivity index (χ3v) is 5.05. The fourth-order valence-electron chi connectivity index (χ4n) is 3.50. The molecule has 0 radical (unpaired) electrons. The van der Waals surface area contributed by atoms with E-state index >= 15 is 0 Å². The summed E-state index contributed by atoms with van der Waals surface area (Å²) in [6.45, 7) is 0.405. The summed E-state index contributed by atoms with van der Waals surface area (Å²) >= 11 is 0. The molecular weight excluding hydrogens is 381 g/mol. The van der Waals surface area contributed by atoms with Crippen LogP contribution < -0.4 is 10.2 Å². The van der Waals surface area contributed by atoms with E-state index in [9.17, 15) is 22.8 Å². The standard InChI is InChI=1S/C22H17F3N2O2/c23-22(24,25)16-6-8-17(9-7-16)26-20(28)19-11-12-27(21(19)29)18-10-5-14-3-1-2-4-15(14)13-18/h1-10,13,19H,11-12H2,(H,26,28)/t19-/m1/s1. The first kappa shape index (κ1) is 19.0. The van der Waals surface area contributed by atoms with Gasteiger partial charge in [0.1, 0.15) is 5.92 Å². The maximum Gasteiger partial charge on any atom is 0.416 e. The number of alkyl halides is 3. The number of hydrogen-bond donors (Lipinski definition) is 1. The predicted octanol–water partition coefficient (Wildman–Crippen LogP) is 4.85. The number of halogens is 3. The van der Waals surface area contributed by atoms with Crippen molar-refractivity contribution in [2.24, 2.45) is 5.92 Å². The highest BCUT2D eigenvalue weighted by Gasteiger charge is 2.38. The van der Waals surface area contributed by atoms with Crippen LogP contribution in [0.3, 0.4) is 0 Å². The average Bonchev–Trinajstić information content (AvgIpc) is 3.09. The van der Waals surface area contributed by atoms with Gasteiger partial charge in [-0.15, -0.1) is 0 Å². The number of nitrogens with zero attached hydrogens (tertiary/aromatic N) is 1. The molecule has 1 fully saturated rings. The number of benzene rings is 3. The number of hydrogen-bond acceptors (Lipinski definition) is 2. The highest BCUT2D eigenvalue weighted by Crippen LogP contribution is 2.31. The van der Waals surface area contributed by atoms with Crippen molar-refractivity contribution in [2.45, 2.75) is 12.6 Å². The lowest BCUT2D eigenvalue weighted by Crippen LogP contribution is -2.33. The fraction of sp³-hybridized carbons (Fsp3) is 0.182. The molecule has 1 aliphatic rings. The molecule has 0 spiro atoms. The monoisotopic (exact) mass is 398 g/mol. The smallest absolute Gasteiger partial charge is 0.325 e. The third-order valence-electron chi connectivity index (χ3n) is 5.05. The van der Waals surface area contributed by atoms with Gasteiger partial charge in [-0.2, -0.15) is 13.2 Å². The van der Waals surface area contributed by atoms with E-state index in [2.05, 4.69) is 5.32 Å². The molecule has 148 valence electrons. The van der Waals surface area contributed by atoms with E-state index in [0.717, 1.165) is 28.6 Å². The molecule has 2 amide bonds. The summed E-state index contributed by atoms with van der Waals surface area (Å²) in [5.41, 5.74) is 0.147. The molecule has 1 N–H and O–H groups in total. The lowest BCUT2D eigenvalue weighted by molar-refractivity contribution is -0.137. The van der Waals surface area contributed by atoms with Gasteiger partial charge in [0.25, 0.3) is 0 Å². The normalized spacial score (nSPS) is 17.0. The Morgan fingerprint density at radius 2 is 1.66 bits per heavy atom. The Bertz CT molecular complexity index is 1080. The first-order chi connectivity index (χ1) is 13.8. The highest BCUT2D eigenvalue weighted by atomic mass is 19.4. The number of fused-ring (bicyclic) bond motifs is 1. The Hall–Kier alpha value is -3.35. The molecule has 29 heavy (non-hydrogen) atoms. The summed E-state index contributed by atoms with van der Waals surface area (Å²) in [6.07, 6.45) is -4.09. The molecule has 1 atom stereocenters. The molecule has 0 aromatic heterocycles. The van der Waals surface area contributed by atoms with Gasteiger partial charge in [0.05, 0.1) is 5.56 Å². The molecule has 0 saturated carbocycles. The van der Waals surface area contributed by atoms with Crippen molar-refractivity contribution in [1.29, 1.82) is 0 Å². The van der Waals surface area contributed by atoms with Crippen LogP contribution in [0.5, 0.6) is 0 Å². The molecule has 3 aromatic rings. The van der Waals surface area contributed by atoms with Crippen molar-refractivity contribution in [3.05, 3.63) is 72.3 Å². The molecule has 7 heteroatoms. The molecule has 1 saturated heterocycles. The number of nitrogens with one attached hydrogen (secondary N) is 1.